The van der Waals surface area contributed by atoms with Gasteiger partial charge in [-0.25, -0.2) is 4.39 Å². The van der Waals surface area contributed by atoms with Crippen molar-refractivity contribution in [2.24, 2.45) is 0 Å². The molecule has 8 nitrogen and oxygen atoms in total. The van der Waals surface area contributed by atoms with Crippen molar-refractivity contribution in [2.75, 3.05) is 25.5 Å². The number of aromatic nitrogens is 1. The molecule has 2 N–H and O–H groups in total. The van der Waals surface area contributed by atoms with E-state index in [2.05, 4.69) is 15.6 Å². The van der Waals surface area contributed by atoms with Crippen molar-refractivity contribution in [1.82, 2.24) is 10.3 Å². The van der Waals surface area contributed by atoms with Crippen LogP contribution in [0.5, 0.6) is 5.75 Å². The first-order chi connectivity index (χ1) is 11.5. The van der Waals surface area contributed by atoms with Gasteiger partial charge in [-0.2, -0.15) is 0 Å². The zero-order valence-corrected chi connectivity index (χ0v) is 12.8. The Morgan fingerprint density at radius 2 is 2.21 bits per heavy atom. The maximum absolute atomic E-state index is 13.6. The van der Waals surface area contributed by atoms with Crippen LogP contribution in [0.4, 0.5) is 15.8 Å². The first kappa shape index (κ1) is 17.1. The van der Waals surface area contributed by atoms with Crippen LogP contribution in [-0.2, 0) is 0 Å². The molecule has 0 atom stereocenters. The maximum atomic E-state index is 13.6. The van der Waals surface area contributed by atoms with E-state index in [0.29, 0.717) is 5.56 Å². The normalized spacial score (nSPS) is 10.1. The Hall–Kier alpha value is -3.23. The number of hydrogen-bond acceptors (Lipinski definition) is 6. The van der Waals surface area contributed by atoms with Gasteiger partial charge in [-0.1, -0.05) is 0 Å². The topological polar surface area (TPSA) is 106 Å². The number of nitrogens with one attached hydrogen (secondary N) is 2. The van der Waals surface area contributed by atoms with Crippen LogP contribution in [-0.4, -0.2) is 36.0 Å². The Kier molecular flexibility index (Phi) is 5.61. The van der Waals surface area contributed by atoms with Crippen molar-refractivity contribution in [3.8, 4) is 5.75 Å². The number of nitro groups is 1. The highest BCUT2D eigenvalue weighted by Crippen LogP contribution is 2.31. The number of pyridine rings is 1. The molecule has 0 aliphatic heterocycles. The van der Waals surface area contributed by atoms with Gasteiger partial charge in [-0.05, 0) is 12.1 Å². The van der Waals surface area contributed by atoms with E-state index in [1.165, 1.54) is 19.4 Å². The zero-order valence-electron chi connectivity index (χ0n) is 12.8. The van der Waals surface area contributed by atoms with Crippen LogP contribution < -0.4 is 15.4 Å². The van der Waals surface area contributed by atoms with Crippen molar-refractivity contribution >= 4 is 17.3 Å². The number of amides is 1. The Morgan fingerprint density at radius 1 is 1.42 bits per heavy atom. The van der Waals surface area contributed by atoms with Gasteiger partial charge in [0.1, 0.15) is 5.69 Å². The van der Waals surface area contributed by atoms with Crippen LogP contribution >= 0.6 is 0 Å². The monoisotopic (exact) mass is 334 g/mol. The van der Waals surface area contributed by atoms with E-state index in [4.69, 9.17) is 4.74 Å². The van der Waals surface area contributed by atoms with Gasteiger partial charge in [0.15, 0.2) is 11.6 Å². The second-order valence-electron chi connectivity index (χ2n) is 4.69. The molecular formula is C15H15FN4O4. The average Bonchev–Trinajstić information content (AvgIpc) is 2.59. The fourth-order valence-electron chi connectivity index (χ4n) is 1.96. The summed E-state index contributed by atoms with van der Waals surface area (Å²) in [5.74, 6) is -1.24. The number of halogens is 1. The lowest BCUT2D eigenvalue weighted by Crippen LogP contribution is -2.28. The van der Waals surface area contributed by atoms with Crippen LogP contribution in [0.2, 0.25) is 0 Å². The van der Waals surface area contributed by atoms with Gasteiger partial charge in [0, 0.05) is 31.5 Å². The number of benzene rings is 1. The van der Waals surface area contributed by atoms with Gasteiger partial charge in [-0.3, -0.25) is 19.9 Å². The number of anilines is 1. The summed E-state index contributed by atoms with van der Waals surface area (Å²) in [7, 11) is 1.27. The molecule has 2 aromatic rings. The third-order valence-corrected chi connectivity index (χ3v) is 3.12. The molecule has 0 unspecified atom stereocenters. The van der Waals surface area contributed by atoms with Gasteiger partial charge in [0.2, 0.25) is 0 Å². The highest BCUT2D eigenvalue weighted by atomic mass is 19.1. The molecule has 1 amide bonds. The van der Waals surface area contributed by atoms with E-state index in [1.807, 2.05) is 0 Å². The maximum Gasteiger partial charge on any atom is 0.295 e. The molecule has 0 aliphatic carbocycles. The molecule has 126 valence electrons. The van der Waals surface area contributed by atoms with Crippen LogP contribution in [0.15, 0.2) is 36.7 Å². The third kappa shape index (κ3) is 4.15. The van der Waals surface area contributed by atoms with Crippen molar-refractivity contribution in [3.63, 3.8) is 0 Å². The summed E-state index contributed by atoms with van der Waals surface area (Å²) in [6, 6.07) is 5.25. The minimum atomic E-state index is -0.820. The molecule has 0 saturated heterocycles. The molecule has 1 aromatic carbocycles. The molecule has 0 spiro atoms. The second-order valence-corrected chi connectivity index (χ2v) is 4.69. The second kappa shape index (κ2) is 7.86. The number of methoxy groups -OCH3 is 1. The summed E-state index contributed by atoms with van der Waals surface area (Å²) < 4.78 is 18.4. The predicted octanol–water partition coefficient (Wildman–Crippen LogP) is 1.98. The van der Waals surface area contributed by atoms with Crippen molar-refractivity contribution in [3.05, 3.63) is 58.2 Å². The lowest BCUT2D eigenvalue weighted by Gasteiger charge is -2.10. The summed E-state index contributed by atoms with van der Waals surface area (Å²) in [4.78, 5) is 25.9. The number of hydrogen-bond donors (Lipinski definition) is 2. The molecule has 0 radical (unpaired) electrons. The van der Waals surface area contributed by atoms with Gasteiger partial charge in [0.05, 0.1) is 23.7 Å². The predicted molar refractivity (Wildman–Crippen MR) is 84.7 cm³/mol. The number of carbonyl (C=O) groups is 1. The van der Waals surface area contributed by atoms with Crippen LogP contribution in [0.3, 0.4) is 0 Å². The molecule has 1 aromatic heterocycles. The van der Waals surface area contributed by atoms with Crippen molar-refractivity contribution in [2.45, 2.75) is 0 Å². The van der Waals surface area contributed by atoms with Gasteiger partial charge < -0.3 is 15.4 Å². The molecule has 9 heteroatoms. The minimum absolute atomic E-state index is 0.105. The quantitative estimate of drug-likeness (QED) is 0.455. The summed E-state index contributed by atoms with van der Waals surface area (Å²) in [5, 5.41) is 16.4. The lowest BCUT2D eigenvalue weighted by atomic mass is 10.2. The number of nitro benzene ring substituents is 1. The van der Waals surface area contributed by atoms with E-state index in [9.17, 15) is 19.3 Å². The third-order valence-electron chi connectivity index (χ3n) is 3.12. The molecule has 0 aliphatic rings. The first-order valence-corrected chi connectivity index (χ1v) is 6.97. The smallest absolute Gasteiger partial charge is 0.295 e. The molecule has 0 saturated carbocycles. The summed E-state index contributed by atoms with van der Waals surface area (Å²) in [5.41, 5.74) is 0.104. The highest BCUT2D eigenvalue weighted by molar-refractivity contribution is 5.93. The van der Waals surface area contributed by atoms with E-state index in [0.717, 1.165) is 6.07 Å². The number of nitrogens with zero attached hydrogens (tertiary/aromatic N) is 2. The van der Waals surface area contributed by atoms with Gasteiger partial charge in [0.25, 0.3) is 11.6 Å². The largest absolute Gasteiger partial charge is 0.494 e. The summed E-state index contributed by atoms with van der Waals surface area (Å²) >= 11 is 0. The fraction of sp³-hybridized carbons (Fsp3) is 0.200. The molecule has 2 rings (SSSR count). The van der Waals surface area contributed by atoms with E-state index < -0.39 is 16.4 Å². The highest BCUT2D eigenvalue weighted by Gasteiger charge is 2.18. The summed E-state index contributed by atoms with van der Waals surface area (Å²) in [6.45, 7) is 0.423. The Labute approximate surface area is 136 Å². The van der Waals surface area contributed by atoms with E-state index >= 15 is 0 Å². The Balaban J connectivity index is 1.96. The van der Waals surface area contributed by atoms with Gasteiger partial charge in [-0.15, -0.1) is 0 Å². The lowest BCUT2D eigenvalue weighted by molar-refractivity contribution is -0.384. The van der Waals surface area contributed by atoms with Crippen LogP contribution in [0.25, 0.3) is 0 Å². The van der Waals surface area contributed by atoms with Gasteiger partial charge >= 0.3 is 0 Å². The first-order valence-electron chi connectivity index (χ1n) is 6.97. The number of rotatable bonds is 7. The number of carbonyl (C=O) groups excluding carboxylic acids is 1. The van der Waals surface area contributed by atoms with E-state index in [1.54, 1.807) is 18.3 Å². The number of ether oxygens (including phenoxy) is 1. The molecule has 1 heterocycles. The Bertz CT molecular complexity index is 740. The SMILES string of the molecule is COc1cc(NCCNC(=O)c2cccnc2)c([N+](=O)[O-])cc1F. The standard InChI is InChI=1S/C15H15FN4O4/c1-24-14-8-12(13(20(22)23)7-11(14)16)18-5-6-19-15(21)10-3-2-4-17-9-10/h2-4,7-9,18H,5-6H2,1H3,(H,19,21). The Morgan fingerprint density at radius 3 is 2.83 bits per heavy atom. The zero-order chi connectivity index (χ0) is 17.5. The molecular weight excluding hydrogens is 319 g/mol. The molecule has 0 bridgehead atoms. The van der Waals surface area contributed by atoms with Crippen LogP contribution in [0.1, 0.15) is 10.4 Å². The van der Waals surface area contributed by atoms with Crippen LogP contribution in [0, 0.1) is 15.9 Å². The molecule has 24 heavy (non-hydrogen) atoms. The van der Waals surface area contributed by atoms with E-state index in [-0.39, 0.29) is 30.4 Å². The average molecular weight is 334 g/mol. The van der Waals surface area contributed by atoms with Crippen molar-refractivity contribution in [1.29, 1.82) is 0 Å². The fourth-order valence-corrected chi connectivity index (χ4v) is 1.96. The van der Waals surface area contributed by atoms with Crippen molar-refractivity contribution < 1.29 is 18.8 Å². The molecule has 0 fully saturated rings. The summed E-state index contributed by atoms with van der Waals surface area (Å²) in [6.07, 6.45) is 2.98. The minimum Gasteiger partial charge on any atom is -0.494 e.